The number of hydrogen-bond acceptors (Lipinski definition) is 3. The first-order valence-corrected chi connectivity index (χ1v) is 13.6. The van der Waals surface area contributed by atoms with Crippen molar-refractivity contribution in [2.24, 2.45) is 0 Å². The lowest BCUT2D eigenvalue weighted by molar-refractivity contribution is 1.19. The first-order chi connectivity index (χ1) is 18.9. The molecule has 0 N–H and O–H groups in total. The average Bonchev–Trinajstić information content (AvgIpc) is 3.53. The van der Waals surface area contributed by atoms with Crippen LogP contribution in [0.15, 0.2) is 116 Å². The predicted molar refractivity (Wildman–Crippen MR) is 162 cm³/mol. The van der Waals surface area contributed by atoms with Gasteiger partial charge in [0.2, 0.25) is 0 Å². The Balaban J connectivity index is 1.44. The van der Waals surface area contributed by atoms with E-state index < -0.39 is 0 Å². The van der Waals surface area contributed by atoms with E-state index in [-0.39, 0.29) is 0 Å². The lowest BCUT2D eigenvalue weighted by atomic mass is 9.94. The molecule has 0 radical (unpaired) electrons. The molecule has 0 saturated carbocycles. The Kier molecular flexibility index (Phi) is 3.93. The number of rotatable bonds is 1. The second-order valence-corrected chi connectivity index (χ2v) is 10.9. The minimum Gasteiger partial charge on any atom is -0.309 e. The van der Waals surface area contributed by atoms with Gasteiger partial charge in [-0.05, 0) is 62.6 Å². The minimum absolute atomic E-state index is 1.03. The van der Waals surface area contributed by atoms with Crippen molar-refractivity contribution in [1.82, 2.24) is 14.5 Å². The molecule has 0 fully saturated rings. The minimum atomic E-state index is 1.03. The number of hydrogen-bond donors (Lipinski definition) is 0. The second-order valence-electron chi connectivity index (χ2n) is 9.85. The van der Waals surface area contributed by atoms with Crippen molar-refractivity contribution in [1.29, 1.82) is 0 Å². The zero-order chi connectivity index (χ0) is 24.8. The number of para-hydroxylation sites is 1. The molecule has 9 aromatic rings. The van der Waals surface area contributed by atoms with Gasteiger partial charge in [0.25, 0.3) is 0 Å². The zero-order valence-electron chi connectivity index (χ0n) is 20.2. The van der Waals surface area contributed by atoms with Crippen LogP contribution in [0, 0.1) is 0 Å². The lowest BCUT2D eigenvalue weighted by Crippen LogP contribution is -1.94. The van der Waals surface area contributed by atoms with E-state index in [2.05, 4.69) is 118 Å². The van der Waals surface area contributed by atoms with Crippen LogP contribution in [0.3, 0.4) is 0 Å². The summed E-state index contributed by atoms with van der Waals surface area (Å²) < 4.78 is 4.81. The highest BCUT2D eigenvalue weighted by Crippen LogP contribution is 2.43. The van der Waals surface area contributed by atoms with Crippen LogP contribution in [-0.2, 0) is 0 Å². The largest absolute Gasteiger partial charge is 0.309 e. The molecule has 0 spiro atoms. The highest BCUT2D eigenvalue weighted by molar-refractivity contribution is 7.26. The van der Waals surface area contributed by atoms with Gasteiger partial charge in [-0.2, -0.15) is 0 Å². The van der Waals surface area contributed by atoms with Gasteiger partial charge in [0.05, 0.1) is 21.3 Å². The molecular weight excluding hydrogens is 482 g/mol. The molecule has 0 aliphatic heterocycles. The van der Waals surface area contributed by atoms with Crippen molar-refractivity contribution in [3.8, 4) is 5.69 Å². The zero-order valence-corrected chi connectivity index (χ0v) is 21.0. The Bertz CT molecular complexity index is 2380. The van der Waals surface area contributed by atoms with Crippen molar-refractivity contribution in [2.75, 3.05) is 0 Å². The van der Waals surface area contributed by atoms with E-state index in [1.165, 1.54) is 69.9 Å². The highest BCUT2D eigenvalue weighted by atomic mass is 32.1. The maximum Gasteiger partial charge on any atom is 0.116 e. The number of fused-ring (bicyclic) bond motifs is 13. The van der Waals surface area contributed by atoms with Crippen LogP contribution >= 0.6 is 11.3 Å². The molecule has 3 heterocycles. The standard InChI is InChI=1S/C34H19N3S/c1-2-9-23-21(7-1)22-8-3-4-10-24(22)28-17-20(13-14-25(23)28)37-29-12-6-5-11-26(29)32-30(37)16-15-27-33-31(38-34(27)32)18-35-19-36-33/h1-19H. The fourth-order valence-electron chi connectivity index (χ4n) is 6.34. The molecule has 0 saturated heterocycles. The highest BCUT2D eigenvalue weighted by Gasteiger charge is 2.18. The van der Waals surface area contributed by atoms with Crippen LogP contribution in [0.4, 0.5) is 0 Å². The van der Waals surface area contributed by atoms with Crippen LogP contribution in [0.5, 0.6) is 0 Å². The van der Waals surface area contributed by atoms with Crippen molar-refractivity contribution in [2.45, 2.75) is 0 Å². The summed E-state index contributed by atoms with van der Waals surface area (Å²) in [5.41, 5.74) is 4.62. The van der Waals surface area contributed by atoms with Crippen molar-refractivity contribution >= 4 is 85.8 Å². The van der Waals surface area contributed by atoms with Gasteiger partial charge < -0.3 is 4.57 Å². The van der Waals surface area contributed by atoms with Crippen molar-refractivity contribution in [3.63, 3.8) is 0 Å². The van der Waals surface area contributed by atoms with Gasteiger partial charge in [-0.3, -0.25) is 0 Å². The van der Waals surface area contributed by atoms with Gasteiger partial charge in [-0.15, -0.1) is 11.3 Å². The first kappa shape index (κ1) is 20.3. The van der Waals surface area contributed by atoms with Crippen LogP contribution in [0.1, 0.15) is 0 Å². The monoisotopic (exact) mass is 501 g/mol. The summed E-state index contributed by atoms with van der Waals surface area (Å²) in [6.45, 7) is 0. The summed E-state index contributed by atoms with van der Waals surface area (Å²) in [6.07, 6.45) is 3.57. The van der Waals surface area contributed by atoms with E-state index in [0.29, 0.717) is 0 Å². The molecule has 0 aliphatic rings. The Labute approximate surface area is 221 Å². The Hall–Kier alpha value is -4.80. The molecule has 3 aromatic heterocycles. The summed E-state index contributed by atoms with van der Waals surface area (Å²) in [7, 11) is 0. The smallest absolute Gasteiger partial charge is 0.116 e. The molecule has 0 amide bonds. The van der Waals surface area contributed by atoms with Crippen molar-refractivity contribution < 1.29 is 0 Å². The van der Waals surface area contributed by atoms with Gasteiger partial charge in [0.1, 0.15) is 6.33 Å². The average molecular weight is 502 g/mol. The topological polar surface area (TPSA) is 30.7 Å². The van der Waals surface area contributed by atoms with Crippen molar-refractivity contribution in [3.05, 3.63) is 116 Å². The van der Waals surface area contributed by atoms with Crippen LogP contribution in [0.25, 0.3) is 80.1 Å². The van der Waals surface area contributed by atoms with E-state index in [1.54, 1.807) is 17.7 Å². The molecule has 176 valence electrons. The lowest BCUT2D eigenvalue weighted by Gasteiger charge is -2.13. The van der Waals surface area contributed by atoms with Gasteiger partial charge in [-0.25, -0.2) is 9.97 Å². The molecule has 6 aromatic carbocycles. The fraction of sp³-hybridized carbons (Fsp3) is 0. The number of nitrogens with zero attached hydrogens (tertiary/aromatic N) is 3. The van der Waals surface area contributed by atoms with E-state index in [0.717, 1.165) is 10.2 Å². The second kappa shape index (κ2) is 7.37. The Morgan fingerprint density at radius 2 is 1.18 bits per heavy atom. The summed E-state index contributed by atoms with van der Waals surface area (Å²) in [4.78, 5) is 8.87. The molecule has 0 atom stereocenters. The third-order valence-corrected chi connectivity index (χ3v) is 9.07. The van der Waals surface area contributed by atoms with E-state index in [9.17, 15) is 0 Å². The summed E-state index contributed by atoms with van der Waals surface area (Å²) in [6, 6.07) is 37.7. The number of thiophene rings is 1. The van der Waals surface area contributed by atoms with Crippen LogP contribution in [0.2, 0.25) is 0 Å². The molecule has 0 unspecified atom stereocenters. The van der Waals surface area contributed by atoms with Crippen LogP contribution < -0.4 is 0 Å². The molecule has 3 nitrogen and oxygen atoms in total. The normalized spacial score (nSPS) is 12.2. The number of benzene rings is 6. The molecule has 0 aliphatic carbocycles. The molecule has 0 bridgehead atoms. The summed E-state index contributed by atoms with van der Waals surface area (Å²) in [5.74, 6) is 0. The van der Waals surface area contributed by atoms with E-state index in [4.69, 9.17) is 0 Å². The fourth-order valence-corrected chi connectivity index (χ4v) is 7.52. The molecule has 9 rings (SSSR count). The first-order valence-electron chi connectivity index (χ1n) is 12.7. The molecule has 4 heteroatoms. The van der Waals surface area contributed by atoms with Gasteiger partial charge >= 0.3 is 0 Å². The maximum absolute atomic E-state index is 4.60. The van der Waals surface area contributed by atoms with E-state index in [1.807, 2.05) is 6.20 Å². The summed E-state index contributed by atoms with van der Waals surface area (Å²) in [5, 5.41) is 11.5. The Morgan fingerprint density at radius 3 is 1.95 bits per heavy atom. The summed E-state index contributed by atoms with van der Waals surface area (Å²) >= 11 is 1.78. The van der Waals surface area contributed by atoms with Gasteiger partial charge in [0.15, 0.2) is 0 Å². The van der Waals surface area contributed by atoms with Gasteiger partial charge in [0, 0.05) is 32.7 Å². The third-order valence-electron chi connectivity index (χ3n) is 7.92. The quantitative estimate of drug-likeness (QED) is 0.210. The SMILES string of the molecule is c1ccc2c(c1)c1ccccc1c1cc(-n3c4ccccc4c4c5sc6cncnc6c5ccc43)ccc21. The van der Waals surface area contributed by atoms with Gasteiger partial charge in [-0.1, -0.05) is 72.8 Å². The Morgan fingerprint density at radius 1 is 0.553 bits per heavy atom. The predicted octanol–water partition coefficient (Wildman–Crippen LogP) is 9.40. The van der Waals surface area contributed by atoms with E-state index >= 15 is 0 Å². The maximum atomic E-state index is 4.60. The molecule has 38 heavy (non-hydrogen) atoms. The molecular formula is C34H19N3S. The number of aromatic nitrogens is 3. The van der Waals surface area contributed by atoms with Crippen LogP contribution in [-0.4, -0.2) is 14.5 Å². The third kappa shape index (κ3) is 2.57.